The predicted molar refractivity (Wildman–Crippen MR) is 509 cm³/mol. The number of hydrogen-bond acceptors (Lipinski definition) is 12. The van der Waals surface area contributed by atoms with Gasteiger partial charge >= 0.3 is 23.9 Å². The number of esters is 4. The largest absolute Gasteiger partial charge is 0.490 e. The number of rotatable bonds is 4. The van der Waals surface area contributed by atoms with Gasteiger partial charge in [-0.3, -0.25) is 19.2 Å². The predicted octanol–water partition coefficient (Wildman–Crippen LogP) is 24.4. The van der Waals surface area contributed by atoms with E-state index in [1.54, 1.807) is 0 Å². The Morgan fingerprint density at radius 3 is 0.762 bits per heavy atom. The lowest BCUT2D eigenvalue weighted by molar-refractivity contribution is -0.167. The molecule has 3 unspecified atom stereocenters. The van der Waals surface area contributed by atoms with Gasteiger partial charge in [-0.1, -0.05) is 84.9 Å². The van der Waals surface area contributed by atoms with Crippen molar-refractivity contribution in [1.29, 1.82) is 0 Å². The van der Waals surface area contributed by atoms with Gasteiger partial charge in [-0.25, -0.2) is 9.97 Å². The lowest BCUT2D eigenvalue weighted by Gasteiger charge is -2.34. The van der Waals surface area contributed by atoms with Gasteiger partial charge in [0.15, 0.2) is 10.8 Å². The summed E-state index contributed by atoms with van der Waals surface area (Å²) >= 11 is 0. The molecule has 3 atom stereocenters. The third-order valence-electron chi connectivity index (χ3n) is 38.1. The van der Waals surface area contributed by atoms with E-state index in [9.17, 15) is 0 Å². The maximum Gasteiger partial charge on any atom is 0.326 e. The van der Waals surface area contributed by atoms with Crippen LogP contribution in [0.5, 0.6) is 11.5 Å². The molecule has 0 saturated heterocycles. The summed E-state index contributed by atoms with van der Waals surface area (Å²) in [4.78, 5) is 91.6. The van der Waals surface area contributed by atoms with Crippen LogP contribution in [0.2, 0.25) is 0 Å². The van der Waals surface area contributed by atoms with E-state index in [2.05, 4.69) is 119 Å². The molecule has 2 saturated carbocycles. The summed E-state index contributed by atoms with van der Waals surface area (Å²) in [6.07, 6.45) is 8.36. The molecule has 14 heteroatoms. The minimum atomic E-state index is -2.11. The zero-order valence-electron chi connectivity index (χ0n) is 67.8. The number of nitrogens with one attached hydrogen (secondary N) is 2. The Morgan fingerprint density at radius 1 is 0.262 bits per heavy atom. The van der Waals surface area contributed by atoms with Crippen LogP contribution >= 0.6 is 0 Å². The van der Waals surface area contributed by atoms with Crippen molar-refractivity contribution in [3.05, 3.63) is 201 Å². The Labute approximate surface area is 721 Å². The number of hydrogen-bond donors (Lipinski definition) is 2. The molecule has 31 aromatic rings. The van der Waals surface area contributed by atoms with E-state index in [-0.39, 0.29) is 26.4 Å². The third kappa shape index (κ3) is 4.31. The van der Waals surface area contributed by atoms with E-state index in [0.717, 1.165) is 198 Å². The first-order chi connectivity index (χ1) is 64.2. The third-order valence-corrected chi connectivity index (χ3v) is 38.1. The van der Waals surface area contributed by atoms with Crippen molar-refractivity contribution < 1.29 is 47.6 Å². The van der Waals surface area contributed by atoms with Crippen LogP contribution in [0.15, 0.2) is 133 Å². The van der Waals surface area contributed by atoms with E-state index < -0.39 is 56.4 Å². The lowest BCUT2D eigenvalue weighted by atomic mass is 9.66. The van der Waals surface area contributed by atoms with Crippen LogP contribution in [-0.2, 0) is 59.8 Å². The molecular weight excluding hydrogens is 1610 g/mol. The molecule has 3 aromatic heterocycles. The summed E-state index contributed by atoms with van der Waals surface area (Å²) in [5.41, 5.74) is 13.1. The molecule has 4 aliphatic heterocycles. The molecule has 2 N–H and O–H groups in total. The highest BCUT2D eigenvalue weighted by Crippen LogP contribution is 3.03. The highest BCUT2D eigenvalue weighted by molar-refractivity contribution is 6.79. The lowest BCUT2D eigenvalue weighted by Crippen LogP contribution is -2.39. The Bertz CT molecular complexity index is 11200. The summed E-state index contributed by atoms with van der Waals surface area (Å²) in [7, 11) is 2.97. The summed E-state index contributed by atoms with van der Waals surface area (Å²) in [5.74, 6) is -1.50. The molecule has 0 amide bonds. The fourth-order valence-corrected chi connectivity index (χ4v) is 36.2. The molecule has 14 aliphatic rings. The minimum Gasteiger partial charge on any atom is -0.490 e. The van der Waals surface area contributed by atoms with E-state index in [1.807, 2.05) is 48.5 Å². The monoisotopic (exact) mass is 1650 g/mol. The van der Waals surface area contributed by atoms with Crippen LogP contribution in [0.1, 0.15) is 67.3 Å². The van der Waals surface area contributed by atoms with E-state index in [1.165, 1.54) is 197 Å². The van der Waals surface area contributed by atoms with E-state index in [0.29, 0.717) is 22.9 Å². The van der Waals surface area contributed by atoms with Crippen molar-refractivity contribution in [2.45, 2.75) is 21.7 Å². The molecule has 10 aliphatic carbocycles. The van der Waals surface area contributed by atoms with Gasteiger partial charge in [-0.05, 0) is 398 Å². The SMILES string of the molecule is COC(=O)C12C(=O)OCCOc3cccc(c3)-c3c4nc(c(c5ccc([nH]5)c(-c5ccccc5)c5nc(c(-c6ccccc6)c6ccc3[nH]6)C=C5)-c3cccc(c3)OCCOC(=O)C3(C(=O)OC)C56c7c8c9c%10c%11c%12c%13c%14c%15c%16c%17c(c-8c5c5c8c%18c%19c%20c(c%21c7c%10c7c%21c%10c%20c%20c%21c%19c%19c8c(c5%17)c5c%16c8c%14c%14c%13c%13c%11c7c7c%10c%20c%10c(c%137)c%14c7c8c5c%19c%21c7%10)C%1836)C%151C9%122)C=C4. The number of methoxy groups -OCH3 is 2. The van der Waals surface area contributed by atoms with Gasteiger partial charge in [-0.2, -0.15) is 0 Å². The van der Waals surface area contributed by atoms with Crippen molar-refractivity contribution >= 4 is 318 Å². The first-order valence-corrected chi connectivity index (χ1v) is 45.5. The topological polar surface area (TPSA) is 181 Å². The van der Waals surface area contributed by atoms with Gasteiger partial charge in [0.1, 0.15) is 37.9 Å². The van der Waals surface area contributed by atoms with Gasteiger partial charge in [-0.15, -0.1) is 0 Å². The fraction of sp³-hybridized carbons (Fsp3) is 0.103. The summed E-state index contributed by atoms with van der Waals surface area (Å²) in [5, 5.41) is 57.7. The number of carbonyl (C=O) groups is 4. The molecule has 0 radical (unpaired) electrons. The summed E-state index contributed by atoms with van der Waals surface area (Å²) < 4.78 is 42.3. The normalized spacial score (nSPS) is 23.5. The van der Waals surface area contributed by atoms with Crippen LogP contribution in [-0.4, -0.2) is 84.5 Å². The van der Waals surface area contributed by atoms with Crippen molar-refractivity contribution in [3.8, 4) is 67.1 Å². The number of fused-ring (bicyclic) bond motifs is 14. The highest BCUT2D eigenvalue weighted by atomic mass is 16.6. The smallest absolute Gasteiger partial charge is 0.326 e. The quantitative estimate of drug-likeness (QED) is 0.0738. The van der Waals surface area contributed by atoms with Crippen LogP contribution in [0, 0.1) is 10.8 Å². The Morgan fingerprint density at radius 2 is 0.485 bits per heavy atom. The molecule has 2 fully saturated rings. The number of nitrogens with zero attached hydrogens (tertiary/aromatic N) is 2. The zero-order chi connectivity index (χ0) is 82.3. The average molecular weight is 1650 g/mol. The zero-order valence-corrected chi connectivity index (χ0v) is 67.8. The van der Waals surface area contributed by atoms with Crippen LogP contribution in [0.25, 0.3) is 350 Å². The van der Waals surface area contributed by atoms with Crippen molar-refractivity contribution in [3.63, 3.8) is 0 Å². The Balaban J connectivity index is 0.621. The maximum atomic E-state index is 18.4. The minimum absolute atomic E-state index is 0.0724. The number of benzene rings is 20. The van der Waals surface area contributed by atoms with Gasteiger partial charge in [0.05, 0.1) is 58.7 Å². The fourth-order valence-electron chi connectivity index (χ4n) is 36.2. The number of ether oxygens (including phenoxy) is 6. The van der Waals surface area contributed by atoms with E-state index >= 15 is 19.2 Å². The van der Waals surface area contributed by atoms with Gasteiger partial charge < -0.3 is 38.4 Å². The van der Waals surface area contributed by atoms with Crippen molar-refractivity contribution in [2.24, 2.45) is 10.8 Å². The molecular formula is C116H42N4O10. The van der Waals surface area contributed by atoms with Gasteiger partial charge in [0, 0.05) is 44.3 Å². The first-order valence-electron chi connectivity index (χ1n) is 45.5. The second kappa shape index (κ2) is 16.3. The maximum absolute atomic E-state index is 18.4. The molecule has 28 aromatic carbocycles. The summed E-state index contributed by atoms with van der Waals surface area (Å²) in [6, 6.07) is 45.5. The molecule has 24 bridgehead atoms. The Hall–Kier alpha value is -16.3. The van der Waals surface area contributed by atoms with Crippen LogP contribution < -0.4 is 9.47 Å². The standard InChI is InChI=1S/C116H42N4O10/c1-125-107(121)115-109(123)129-29-27-127-37-17-9-15-35(31-37)49-43-23-21-41(118-43)47(33-11-5-3-6-12-33)39-19-20-40(117-39)48(34-13-7-4-8-14-34)42-22-24-44(119-42)50(46-26-25-45(49)120-46)36-16-10-18-38(32-36)128-28-30-130-110(124)116(108(122)126-2)112-101-87-79-68-60-53-51-52-54-59(53)72(79)80-69-61(54)58-63-56(52)65-64-55(51)62-57(60)66-73-81-70(62)75(64)85-86-76(65)71(63)82-74-67(58)78(69)90-94-84(74)96-92(82)100(86)111(115)99(85)91(81)95-83(73)93(89(101)77(66)68)103(112)97-98(106(96)114(111,115)105(95)97)104(94)113(112,116)102(90)88(80)87/h3-26,31-32,118-119H,27-30H2,1-2H3. The molecule has 130 heavy (non-hydrogen) atoms. The number of carbonyl (C=O) groups excluding carboxylic acids is 4. The molecule has 586 valence electrons. The number of aromatic amines is 2. The molecule has 4 spiro atoms. The second-order valence-electron chi connectivity index (χ2n) is 40.7. The first kappa shape index (κ1) is 59.6. The molecule has 14 nitrogen and oxygen atoms in total. The Kier molecular flexibility index (Phi) is 7.46. The second-order valence-corrected chi connectivity index (χ2v) is 40.7. The van der Waals surface area contributed by atoms with E-state index in [4.69, 9.17) is 38.4 Å². The van der Waals surface area contributed by atoms with Crippen LogP contribution in [0.3, 0.4) is 0 Å². The average Bonchev–Trinajstić information content (AvgIpc) is 1.34. The highest BCUT2D eigenvalue weighted by Gasteiger charge is 3.06. The van der Waals surface area contributed by atoms with Gasteiger partial charge in [0.25, 0.3) is 0 Å². The number of aromatic nitrogens is 4. The molecule has 45 rings (SSSR count). The summed E-state index contributed by atoms with van der Waals surface area (Å²) in [6.45, 7) is -0.585. The van der Waals surface area contributed by atoms with Gasteiger partial charge in [0.2, 0.25) is 0 Å². The van der Waals surface area contributed by atoms with Crippen molar-refractivity contribution in [2.75, 3.05) is 40.6 Å². The van der Waals surface area contributed by atoms with Crippen molar-refractivity contribution in [1.82, 2.24) is 19.9 Å². The van der Waals surface area contributed by atoms with Crippen LogP contribution in [0.4, 0.5) is 0 Å². The number of H-pyrrole nitrogens is 2. The molecule has 7 heterocycles.